The Balaban J connectivity index is 1.63. The Morgan fingerprint density at radius 1 is 0.906 bits per heavy atom. The number of hydrogen-bond acceptors (Lipinski definition) is 6. The topological polar surface area (TPSA) is 73.3 Å². The number of rotatable bonds is 8. The highest BCUT2D eigenvalue weighted by Gasteiger charge is 2.11. The lowest BCUT2D eigenvalue weighted by Crippen LogP contribution is -2.12. The van der Waals surface area contributed by atoms with Crippen LogP contribution in [0.15, 0.2) is 72.8 Å². The molecule has 0 spiro atoms. The minimum absolute atomic E-state index is 0.231. The van der Waals surface area contributed by atoms with E-state index in [4.69, 9.17) is 19.4 Å². The quantitative estimate of drug-likeness (QED) is 0.383. The Labute approximate surface area is 187 Å². The fourth-order valence-electron chi connectivity index (χ4n) is 3.54. The lowest BCUT2D eigenvalue weighted by Gasteiger charge is -2.12. The number of fused-ring (bicyclic) bond motifs is 1. The second-order valence-corrected chi connectivity index (χ2v) is 7.17. The van der Waals surface area contributed by atoms with Crippen LogP contribution in [-0.2, 0) is 9.53 Å². The van der Waals surface area contributed by atoms with Gasteiger partial charge in [-0.3, -0.25) is 4.79 Å². The molecule has 162 valence electrons. The van der Waals surface area contributed by atoms with Crippen LogP contribution in [0, 0.1) is 0 Å². The predicted molar refractivity (Wildman–Crippen MR) is 127 cm³/mol. The Morgan fingerprint density at radius 3 is 2.41 bits per heavy atom. The zero-order chi connectivity index (χ0) is 22.3. The molecule has 4 aromatic rings. The molecule has 32 heavy (non-hydrogen) atoms. The number of hydrogen-bond donors (Lipinski definition) is 1. The van der Waals surface area contributed by atoms with Gasteiger partial charge in [0.2, 0.25) is 0 Å². The van der Waals surface area contributed by atoms with Crippen LogP contribution in [0.4, 0.5) is 5.82 Å². The third kappa shape index (κ3) is 4.70. The Bertz CT molecular complexity index is 1220. The summed E-state index contributed by atoms with van der Waals surface area (Å²) in [6.07, 6.45) is 0.273. The number of aromatic nitrogens is 2. The standard InChI is InChI=1S/C26H25N3O3/c1-3-32-24(30)16-17-27-26-21-9-4-6-10-22(21)28-25(29-26)19-14-12-18(13-15-19)20-8-5-7-11-23(20)31-2/h4-15H,3,16-17H2,1-2H3,(H,27,28,29). The Hall–Kier alpha value is -3.93. The third-order valence-corrected chi connectivity index (χ3v) is 5.09. The Morgan fingerprint density at radius 2 is 1.62 bits per heavy atom. The van der Waals surface area contributed by atoms with E-state index in [1.165, 1.54) is 0 Å². The SMILES string of the molecule is CCOC(=O)CCNc1nc(-c2ccc(-c3ccccc3OC)cc2)nc2ccccc12. The van der Waals surface area contributed by atoms with E-state index < -0.39 is 0 Å². The summed E-state index contributed by atoms with van der Waals surface area (Å²) in [5.74, 6) is 1.92. The van der Waals surface area contributed by atoms with Gasteiger partial charge in [-0.05, 0) is 30.7 Å². The maximum Gasteiger partial charge on any atom is 0.307 e. The van der Waals surface area contributed by atoms with Gasteiger partial charge in [-0.1, -0.05) is 54.6 Å². The summed E-state index contributed by atoms with van der Waals surface area (Å²) in [5, 5.41) is 4.18. The first-order valence-corrected chi connectivity index (χ1v) is 10.6. The second kappa shape index (κ2) is 9.92. The largest absolute Gasteiger partial charge is 0.496 e. The highest BCUT2D eigenvalue weighted by molar-refractivity contribution is 5.90. The zero-order valence-electron chi connectivity index (χ0n) is 18.2. The van der Waals surface area contributed by atoms with E-state index in [0.29, 0.717) is 24.8 Å². The number of para-hydroxylation sites is 2. The molecule has 3 aromatic carbocycles. The van der Waals surface area contributed by atoms with Crippen molar-refractivity contribution in [3.8, 4) is 28.3 Å². The van der Waals surface area contributed by atoms with Crippen molar-refractivity contribution in [1.29, 1.82) is 0 Å². The minimum Gasteiger partial charge on any atom is -0.496 e. The van der Waals surface area contributed by atoms with E-state index in [1.807, 2.05) is 72.8 Å². The van der Waals surface area contributed by atoms with Crippen LogP contribution in [0.3, 0.4) is 0 Å². The number of methoxy groups -OCH3 is 1. The average molecular weight is 428 g/mol. The molecule has 6 nitrogen and oxygen atoms in total. The van der Waals surface area contributed by atoms with Gasteiger partial charge in [0.25, 0.3) is 0 Å². The van der Waals surface area contributed by atoms with E-state index in [1.54, 1.807) is 14.0 Å². The van der Waals surface area contributed by atoms with Gasteiger partial charge in [0, 0.05) is 23.1 Å². The molecule has 0 atom stereocenters. The molecule has 0 saturated heterocycles. The molecule has 1 aromatic heterocycles. The van der Waals surface area contributed by atoms with E-state index in [-0.39, 0.29) is 12.4 Å². The second-order valence-electron chi connectivity index (χ2n) is 7.17. The highest BCUT2D eigenvalue weighted by atomic mass is 16.5. The van der Waals surface area contributed by atoms with Crippen molar-refractivity contribution in [3.63, 3.8) is 0 Å². The number of ether oxygens (including phenoxy) is 2. The third-order valence-electron chi connectivity index (χ3n) is 5.09. The molecule has 0 fully saturated rings. The summed E-state index contributed by atoms with van der Waals surface area (Å²) in [6.45, 7) is 2.62. The number of carbonyl (C=O) groups is 1. The van der Waals surface area contributed by atoms with Gasteiger partial charge in [-0.25, -0.2) is 9.97 Å². The number of nitrogens with one attached hydrogen (secondary N) is 1. The number of nitrogens with zero attached hydrogens (tertiary/aromatic N) is 2. The molecular weight excluding hydrogens is 402 g/mol. The summed E-state index contributed by atoms with van der Waals surface area (Å²) < 4.78 is 10.5. The molecule has 4 rings (SSSR count). The molecule has 0 radical (unpaired) electrons. The van der Waals surface area contributed by atoms with Crippen LogP contribution in [-0.4, -0.2) is 36.2 Å². The molecule has 0 bridgehead atoms. The maximum atomic E-state index is 11.7. The van der Waals surface area contributed by atoms with Crippen molar-refractivity contribution < 1.29 is 14.3 Å². The van der Waals surface area contributed by atoms with Gasteiger partial charge >= 0.3 is 5.97 Å². The van der Waals surface area contributed by atoms with Crippen molar-refractivity contribution in [2.45, 2.75) is 13.3 Å². The number of esters is 1. The van der Waals surface area contributed by atoms with E-state index in [9.17, 15) is 4.79 Å². The van der Waals surface area contributed by atoms with Crippen molar-refractivity contribution in [1.82, 2.24) is 9.97 Å². The van der Waals surface area contributed by atoms with Crippen molar-refractivity contribution in [2.75, 3.05) is 25.6 Å². The zero-order valence-corrected chi connectivity index (χ0v) is 18.2. The molecule has 0 amide bonds. The van der Waals surface area contributed by atoms with Gasteiger partial charge in [-0.15, -0.1) is 0 Å². The van der Waals surface area contributed by atoms with E-state index in [0.717, 1.165) is 33.3 Å². The number of carbonyl (C=O) groups excluding carboxylic acids is 1. The molecule has 0 aliphatic carbocycles. The van der Waals surface area contributed by atoms with E-state index >= 15 is 0 Å². The highest BCUT2D eigenvalue weighted by Crippen LogP contribution is 2.31. The van der Waals surface area contributed by atoms with E-state index in [2.05, 4.69) is 5.32 Å². The van der Waals surface area contributed by atoms with Crippen molar-refractivity contribution in [2.24, 2.45) is 0 Å². The summed E-state index contributed by atoms with van der Waals surface area (Å²) >= 11 is 0. The summed E-state index contributed by atoms with van der Waals surface area (Å²) in [6, 6.07) is 23.9. The first-order valence-electron chi connectivity index (χ1n) is 10.6. The van der Waals surface area contributed by atoms with Crippen LogP contribution >= 0.6 is 0 Å². The lowest BCUT2D eigenvalue weighted by molar-refractivity contribution is -0.142. The minimum atomic E-state index is -0.231. The molecule has 6 heteroatoms. The first kappa shape index (κ1) is 21.3. The predicted octanol–water partition coefficient (Wildman–Crippen LogP) is 5.34. The first-order chi connectivity index (χ1) is 15.7. The normalized spacial score (nSPS) is 10.7. The Kier molecular flexibility index (Phi) is 6.60. The average Bonchev–Trinajstić information content (AvgIpc) is 2.84. The monoisotopic (exact) mass is 427 g/mol. The van der Waals surface area contributed by atoms with Crippen molar-refractivity contribution >= 4 is 22.7 Å². The van der Waals surface area contributed by atoms with Gasteiger partial charge < -0.3 is 14.8 Å². The molecule has 0 aliphatic heterocycles. The van der Waals surface area contributed by atoms with Crippen LogP contribution in [0.1, 0.15) is 13.3 Å². The summed E-state index contributed by atoms with van der Waals surface area (Å²) in [7, 11) is 1.67. The van der Waals surface area contributed by atoms with Crippen LogP contribution in [0.5, 0.6) is 5.75 Å². The van der Waals surface area contributed by atoms with Crippen molar-refractivity contribution in [3.05, 3.63) is 72.8 Å². The molecule has 0 saturated carbocycles. The summed E-state index contributed by atoms with van der Waals surface area (Å²) in [4.78, 5) is 21.2. The molecule has 0 unspecified atom stereocenters. The van der Waals surface area contributed by atoms with Gasteiger partial charge in [-0.2, -0.15) is 0 Å². The van der Waals surface area contributed by atoms with Crippen LogP contribution in [0.2, 0.25) is 0 Å². The fraction of sp³-hybridized carbons (Fsp3) is 0.192. The van der Waals surface area contributed by atoms with Gasteiger partial charge in [0.1, 0.15) is 11.6 Å². The molecule has 1 N–H and O–H groups in total. The molecule has 0 aliphatic rings. The van der Waals surface area contributed by atoms with Crippen LogP contribution < -0.4 is 10.1 Å². The molecule has 1 heterocycles. The van der Waals surface area contributed by atoms with Crippen LogP contribution in [0.25, 0.3) is 33.4 Å². The molecular formula is C26H25N3O3. The fourth-order valence-corrected chi connectivity index (χ4v) is 3.54. The van der Waals surface area contributed by atoms with Gasteiger partial charge in [0.05, 0.1) is 25.7 Å². The maximum absolute atomic E-state index is 11.7. The number of anilines is 1. The summed E-state index contributed by atoms with van der Waals surface area (Å²) in [5.41, 5.74) is 3.83. The van der Waals surface area contributed by atoms with Gasteiger partial charge in [0.15, 0.2) is 5.82 Å². The lowest BCUT2D eigenvalue weighted by atomic mass is 10.0. The number of benzene rings is 3. The smallest absolute Gasteiger partial charge is 0.307 e.